The third kappa shape index (κ3) is 5.44. The van der Waals surface area contributed by atoms with E-state index in [1.165, 1.54) is 22.3 Å². The van der Waals surface area contributed by atoms with Gasteiger partial charge in [0.1, 0.15) is 23.3 Å². The molecule has 0 spiro atoms. The topological polar surface area (TPSA) is 62.4 Å². The van der Waals surface area contributed by atoms with E-state index in [1.54, 1.807) is 0 Å². The third-order valence-corrected chi connectivity index (χ3v) is 7.55. The Labute approximate surface area is 227 Å². The molecule has 0 saturated heterocycles. The van der Waals surface area contributed by atoms with Crippen molar-refractivity contribution < 1.29 is 0 Å². The van der Waals surface area contributed by atoms with Crippen LogP contribution in [0.5, 0.6) is 0 Å². The van der Waals surface area contributed by atoms with Crippen LogP contribution in [0.15, 0.2) is 68.5 Å². The Hall–Kier alpha value is -3.68. The van der Waals surface area contributed by atoms with Gasteiger partial charge in [-0.1, -0.05) is 48.5 Å². The quantitative estimate of drug-likeness (QED) is 0.597. The average Bonchev–Trinajstić information content (AvgIpc) is 3.76. The summed E-state index contributed by atoms with van der Waals surface area (Å²) in [5.74, 6) is 4.48. The van der Waals surface area contributed by atoms with Crippen LogP contribution in [-0.2, 0) is 0 Å². The second-order valence-electron chi connectivity index (χ2n) is 9.98. The lowest BCUT2D eigenvalue weighted by atomic mass is 10.1. The Morgan fingerprint density at radius 1 is 0.474 bits per heavy atom. The molecule has 8 nitrogen and oxygen atoms in total. The van der Waals surface area contributed by atoms with Crippen LogP contribution < -0.4 is 0 Å². The molecule has 4 heterocycles. The van der Waals surface area contributed by atoms with Gasteiger partial charge in [0.25, 0.3) is 0 Å². The number of hydrogen-bond acceptors (Lipinski definition) is 8. The number of amidine groups is 4. The van der Waals surface area contributed by atoms with Gasteiger partial charge in [0.2, 0.25) is 0 Å². The van der Waals surface area contributed by atoms with Gasteiger partial charge in [-0.3, -0.25) is 20.0 Å². The summed E-state index contributed by atoms with van der Waals surface area (Å²) in [6.45, 7) is 14.2. The second kappa shape index (κ2) is 11.8. The molecule has 0 saturated carbocycles. The molecule has 200 valence electrons. The van der Waals surface area contributed by atoms with E-state index < -0.39 is 0 Å². The highest BCUT2D eigenvalue weighted by atomic mass is 15.2. The first-order valence-corrected chi connectivity index (χ1v) is 13.9. The SMILES string of the molecule is CCN1CCN=C1c1ccc(C2=NCCN2CC)cc1.CN1CCN=C1c1ccc(C2=NCCN2C)cc1. The molecular weight excluding hydrogens is 472 g/mol. The number of hydrogen-bond donors (Lipinski definition) is 0. The molecule has 0 bridgehead atoms. The van der Waals surface area contributed by atoms with Gasteiger partial charge in [-0.2, -0.15) is 0 Å². The molecule has 8 heteroatoms. The highest BCUT2D eigenvalue weighted by Crippen LogP contribution is 2.16. The summed E-state index contributed by atoms with van der Waals surface area (Å²) < 4.78 is 0. The largest absolute Gasteiger partial charge is 0.358 e. The first kappa shape index (κ1) is 25.9. The molecule has 2 aromatic rings. The molecule has 0 unspecified atom stereocenters. The maximum Gasteiger partial charge on any atom is 0.131 e. The zero-order chi connectivity index (χ0) is 26.5. The van der Waals surface area contributed by atoms with E-state index in [-0.39, 0.29) is 0 Å². The zero-order valence-electron chi connectivity index (χ0n) is 23.3. The lowest BCUT2D eigenvalue weighted by Gasteiger charge is -2.20. The zero-order valence-corrected chi connectivity index (χ0v) is 23.3. The van der Waals surface area contributed by atoms with Gasteiger partial charge in [-0.25, -0.2) is 0 Å². The van der Waals surface area contributed by atoms with Gasteiger partial charge < -0.3 is 19.6 Å². The van der Waals surface area contributed by atoms with Crippen LogP contribution in [0.25, 0.3) is 0 Å². The maximum atomic E-state index is 4.62. The highest BCUT2D eigenvalue weighted by molar-refractivity contribution is 6.04. The fraction of sp³-hybridized carbons (Fsp3) is 0.467. The van der Waals surface area contributed by atoms with Gasteiger partial charge in [0.15, 0.2) is 0 Å². The molecule has 4 aliphatic heterocycles. The first-order chi connectivity index (χ1) is 18.6. The number of nitrogens with zero attached hydrogens (tertiary/aromatic N) is 8. The minimum absolute atomic E-state index is 0.906. The van der Waals surface area contributed by atoms with E-state index in [2.05, 4.69) is 116 Å². The first-order valence-electron chi connectivity index (χ1n) is 13.9. The van der Waals surface area contributed by atoms with Crippen LogP contribution in [-0.4, -0.2) is 122 Å². The number of likely N-dealkylation sites (N-methyl/N-ethyl adjacent to an activating group) is 4. The van der Waals surface area contributed by atoms with Crippen LogP contribution >= 0.6 is 0 Å². The van der Waals surface area contributed by atoms with Crippen LogP contribution in [0.3, 0.4) is 0 Å². The van der Waals surface area contributed by atoms with Gasteiger partial charge >= 0.3 is 0 Å². The summed E-state index contributed by atoms with van der Waals surface area (Å²) in [6.07, 6.45) is 0. The normalized spacial score (nSPS) is 18.8. The summed E-state index contributed by atoms with van der Waals surface area (Å²) in [6, 6.07) is 17.3. The third-order valence-electron chi connectivity index (χ3n) is 7.55. The van der Waals surface area contributed by atoms with Crippen molar-refractivity contribution in [1.29, 1.82) is 0 Å². The minimum atomic E-state index is 0.906. The predicted octanol–water partition coefficient (Wildman–Crippen LogP) is 2.92. The Balaban J connectivity index is 0.000000156. The number of rotatable bonds is 6. The van der Waals surface area contributed by atoms with Crippen molar-refractivity contribution in [1.82, 2.24) is 19.6 Å². The summed E-state index contributed by atoms with van der Waals surface area (Å²) >= 11 is 0. The van der Waals surface area contributed by atoms with E-state index in [4.69, 9.17) is 0 Å². The van der Waals surface area contributed by atoms with Crippen LogP contribution in [0.1, 0.15) is 36.1 Å². The summed E-state index contributed by atoms with van der Waals surface area (Å²) in [4.78, 5) is 27.4. The molecule has 0 fully saturated rings. The van der Waals surface area contributed by atoms with Crippen molar-refractivity contribution in [3.63, 3.8) is 0 Å². The van der Waals surface area contributed by atoms with Gasteiger partial charge in [0.05, 0.1) is 26.2 Å². The van der Waals surface area contributed by atoms with E-state index in [9.17, 15) is 0 Å². The van der Waals surface area contributed by atoms with Crippen LogP contribution in [0.4, 0.5) is 0 Å². The molecule has 6 rings (SSSR count). The van der Waals surface area contributed by atoms with Gasteiger partial charge in [-0.15, -0.1) is 0 Å². The Morgan fingerprint density at radius 2 is 0.763 bits per heavy atom. The maximum absolute atomic E-state index is 4.62. The molecule has 38 heavy (non-hydrogen) atoms. The van der Waals surface area contributed by atoms with Crippen LogP contribution in [0, 0.1) is 0 Å². The van der Waals surface area contributed by atoms with Gasteiger partial charge in [0, 0.05) is 75.6 Å². The highest BCUT2D eigenvalue weighted by Gasteiger charge is 2.20. The van der Waals surface area contributed by atoms with Crippen molar-refractivity contribution in [3.05, 3.63) is 70.8 Å². The summed E-state index contributed by atoms with van der Waals surface area (Å²) in [7, 11) is 4.18. The monoisotopic (exact) mass is 512 g/mol. The number of benzene rings is 2. The molecular formula is C30H40N8. The summed E-state index contributed by atoms with van der Waals surface area (Å²) in [5.41, 5.74) is 4.82. The molecule has 4 aliphatic rings. The van der Waals surface area contributed by atoms with E-state index >= 15 is 0 Å². The number of aliphatic imine (C=N–C) groups is 4. The molecule has 0 amide bonds. The van der Waals surface area contributed by atoms with E-state index in [0.29, 0.717) is 0 Å². The van der Waals surface area contributed by atoms with E-state index in [1.807, 2.05) is 0 Å². The molecule has 0 radical (unpaired) electrons. The van der Waals surface area contributed by atoms with Crippen molar-refractivity contribution in [2.24, 2.45) is 20.0 Å². The fourth-order valence-corrected chi connectivity index (χ4v) is 5.35. The molecule has 2 aromatic carbocycles. The standard InChI is InChI=1S/C16H22N4.C14H18N4/c1-3-19-11-9-17-15(19)13-5-7-14(8-6-13)16-18-10-12-20(16)4-2;1-17-9-7-15-13(17)11-3-5-12(6-4-11)14-16-8-10-18(14)2/h5-8H,3-4,9-12H2,1-2H3;3-6H,7-10H2,1-2H3. The average molecular weight is 513 g/mol. The van der Waals surface area contributed by atoms with Crippen molar-refractivity contribution in [3.8, 4) is 0 Å². The van der Waals surface area contributed by atoms with Crippen molar-refractivity contribution >= 4 is 23.3 Å². The second-order valence-corrected chi connectivity index (χ2v) is 9.98. The molecule has 0 aromatic heterocycles. The lowest BCUT2D eigenvalue weighted by molar-refractivity contribution is 0.483. The minimum Gasteiger partial charge on any atom is -0.358 e. The predicted molar refractivity (Wildman–Crippen MR) is 158 cm³/mol. The lowest BCUT2D eigenvalue weighted by Crippen LogP contribution is -2.29. The van der Waals surface area contributed by atoms with Crippen molar-refractivity contribution in [2.45, 2.75) is 13.8 Å². The Kier molecular flexibility index (Phi) is 8.05. The summed E-state index contributed by atoms with van der Waals surface area (Å²) in [5, 5.41) is 0. The van der Waals surface area contributed by atoms with Crippen LogP contribution in [0.2, 0.25) is 0 Å². The van der Waals surface area contributed by atoms with Gasteiger partial charge in [-0.05, 0) is 13.8 Å². The molecule has 0 aliphatic carbocycles. The Morgan fingerprint density at radius 3 is 1.05 bits per heavy atom. The smallest absolute Gasteiger partial charge is 0.131 e. The molecule has 0 atom stereocenters. The fourth-order valence-electron chi connectivity index (χ4n) is 5.35. The van der Waals surface area contributed by atoms with E-state index in [0.717, 1.165) is 88.8 Å². The van der Waals surface area contributed by atoms with Crippen molar-refractivity contribution in [2.75, 3.05) is 79.5 Å². The molecule has 0 N–H and O–H groups in total. The Bertz CT molecular complexity index is 1130.